The van der Waals surface area contributed by atoms with Crippen LogP contribution in [0.15, 0.2) is 12.7 Å². The SMILES string of the molecule is C=CCCC[N][C@@H](C)C(=O)OC. The second-order valence-electron chi connectivity index (χ2n) is 2.54. The van der Waals surface area contributed by atoms with Crippen molar-refractivity contribution < 1.29 is 9.53 Å². The Bertz CT molecular complexity index is 145. The summed E-state index contributed by atoms with van der Waals surface area (Å²) in [6.07, 6.45) is 3.74. The Morgan fingerprint density at radius 2 is 2.42 bits per heavy atom. The van der Waals surface area contributed by atoms with Crippen molar-refractivity contribution >= 4 is 5.97 Å². The molecule has 0 aromatic heterocycles. The van der Waals surface area contributed by atoms with Gasteiger partial charge in [-0.3, -0.25) is 4.79 Å². The summed E-state index contributed by atoms with van der Waals surface area (Å²) < 4.78 is 4.52. The van der Waals surface area contributed by atoms with Crippen molar-refractivity contribution in [3.8, 4) is 0 Å². The molecule has 0 aliphatic carbocycles. The average molecular weight is 170 g/mol. The fourth-order valence-corrected chi connectivity index (χ4v) is 0.766. The largest absolute Gasteiger partial charge is 0.468 e. The van der Waals surface area contributed by atoms with Crippen LogP contribution in [-0.2, 0) is 9.53 Å². The van der Waals surface area contributed by atoms with Crippen molar-refractivity contribution in [3.63, 3.8) is 0 Å². The number of esters is 1. The predicted octanol–water partition coefficient (Wildman–Crippen LogP) is 1.12. The number of carbonyl (C=O) groups excluding carboxylic acids is 1. The van der Waals surface area contributed by atoms with Gasteiger partial charge in [-0.25, -0.2) is 5.32 Å². The molecular weight excluding hydrogens is 154 g/mol. The molecule has 1 atom stereocenters. The number of rotatable bonds is 6. The number of nitrogens with zero attached hydrogens (tertiary/aromatic N) is 1. The fraction of sp³-hybridized carbons (Fsp3) is 0.667. The van der Waals surface area contributed by atoms with E-state index in [1.807, 2.05) is 6.08 Å². The Hall–Kier alpha value is -0.830. The smallest absolute Gasteiger partial charge is 0.324 e. The van der Waals surface area contributed by atoms with Crippen LogP contribution in [0.4, 0.5) is 0 Å². The van der Waals surface area contributed by atoms with Crippen LogP contribution >= 0.6 is 0 Å². The van der Waals surface area contributed by atoms with Gasteiger partial charge in [0.2, 0.25) is 0 Å². The van der Waals surface area contributed by atoms with Gasteiger partial charge in [-0.1, -0.05) is 6.08 Å². The molecule has 0 amide bonds. The van der Waals surface area contributed by atoms with Gasteiger partial charge in [0.25, 0.3) is 0 Å². The maximum Gasteiger partial charge on any atom is 0.324 e. The minimum Gasteiger partial charge on any atom is -0.468 e. The number of hydrogen-bond donors (Lipinski definition) is 0. The van der Waals surface area contributed by atoms with E-state index in [2.05, 4.69) is 16.6 Å². The zero-order valence-corrected chi connectivity index (χ0v) is 7.75. The monoisotopic (exact) mass is 170 g/mol. The molecule has 0 saturated heterocycles. The van der Waals surface area contributed by atoms with Crippen molar-refractivity contribution in [1.82, 2.24) is 5.32 Å². The van der Waals surface area contributed by atoms with Crippen molar-refractivity contribution in [2.75, 3.05) is 13.7 Å². The van der Waals surface area contributed by atoms with E-state index < -0.39 is 0 Å². The number of ether oxygens (including phenoxy) is 1. The molecule has 1 radical (unpaired) electrons. The summed E-state index contributed by atoms with van der Waals surface area (Å²) in [6, 6.07) is -0.334. The van der Waals surface area contributed by atoms with E-state index in [1.165, 1.54) is 7.11 Å². The quantitative estimate of drug-likeness (QED) is 0.340. The summed E-state index contributed by atoms with van der Waals surface area (Å²) in [5, 5.41) is 4.11. The van der Waals surface area contributed by atoms with Crippen LogP contribution < -0.4 is 5.32 Å². The Balaban J connectivity index is 3.36. The molecule has 0 aliphatic rings. The Morgan fingerprint density at radius 3 is 2.92 bits per heavy atom. The van der Waals surface area contributed by atoms with Crippen LogP contribution in [-0.4, -0.2) is 25.7 Å². The molecule has 69 valence electrons. The van der Waals surface area contributed by atoms with E-state index in [0.717, 1.165) is 12.8 Å². The number of unbranched alkanes of at least 4 members (excludes halogenated alkanes) is 1. The van der Waals surface area contributed by atoms with Gasteiger partial charge < -0.3 is 4.74 Å². The third kappa shape index (κ3) is 4.91. The van der Waals surface area contributed by atoms with Gasteiger partial charge in [-0.05, 0) is 19.8 Å². The maximum absolute atomic E-state index is 10.8. The molecule has 3 heteroatoms. The van der Waals surface area contributed by atoms with Gasteiger partial charge in [0, 0.05) is 6.54 Å². The highest BCUT2D eigenvalue weighted by atomic mass is 16.5. The van der Waals surface area contributed by atoms with Crippen molar-refractivity contribution in [2.45, 2.75) is 25.8 Å². The summed E-state index contributed by atoms with van der Waals surface area (Å²) >= 11 is 0. The molecule has 0 aliphatic heterocycles. The molecule has 0 heterocycles. The van der Waals surface area contributed by atoms with Crippen LogP contribution in [0.25, 0.3) is 0 Å². The summed E-state index contributed by atoms with van der Waals surface area (Å²) in [6.45, 7) is 6.03. The van der Waals surface area contributed by atoms with Gasteiger partial charge in [0.1, 0.15) is 6.04 Å². The lowest BCUT2D eigenvalue weighted by atomic mass is 10.3. The van der Waals surface area contributed by atoms with Gasteiger partial charge >= 0.3 is 5.97 Å². The molecule has 0 unspecified atom stereocenters. The normalized spacial score (nSPS) is 12.2. The van der Waals surface area contributed by atoms with Gasteiger partial charge in [-0.15, -0.1) is 6.58 Å². The van der Waals surface area contributed by atoms with Crippen molar-refractivity contribution in [1.29, 1.82) is 0 Å². The van der Waals surface area contributed by atoms with Crippen LogP contribution in [0.5, 0.6) is 0 Å². The molecule has 0 aromatic carbocycles. The average Bonchev–Trinajstić information content (AvgIpc) is 2.10. The van der Waals surface area contributed by atoms with E-state index >= 15 is 0 Å². The highest BCUT2D eigenvalue weighted by molar-refractivity contribution is 5.74. The third-order valence-corrected chi connectivity index (χ3v) is 1.51. The molecule has 0 fully saturated rings. The number of hydrogen-bond acceptors (Lipinski definition) is 2. The molecule has 3 nitrogen and oxygen atoms in total. The molecular formula is C9H16NO2. The standard InChI is InChI=1S/C9H16NO2/c1-4-5-6-7-10-8(2)9(11)12-3/h4,8H,1,5-7H2,2-3H3/t8-/m0/s1. The summed E-state index contributed by atoms with van der Waals surface area (Å²) in [5.41, 5.74) is 0. The predicted molar refractivity (Wildman–Crippen MR) is 47.9 cm³/mol. The topological polar surface area (TPSA) is 40.4 Å². The van der Waals surface area contributed by atoms with Crippen molar-refractivity contribution in [3.05, 3.63) is 12.7 Å². The second kappa shape index (κ2) is 6.85. The zero-order chi connectivity index (χ0) is 9.40. The lowest BCUT2D eigenvalue weighted by molar-refractivity contribution is -0.142. The first-order valence-electron chi connectivity index (χ1n) is 4.07. The Labute approximate surface area is 73.8 Å². The number of methoxy groups -OCH3 is 1. The molecule has 0 rings (SSSR count). The highest BCUT2D eigenvalue weighted by Gasteiger charge is 2.11. The zero-order valence-electron chi connectivity index (χ0n) is 7.75. The van der Waals surface area contributed by atoms with E-state index in [4.69, 9.17) is 0 Å². The lowest BCUT2D eigenvalue weighted by Crippen LogP contribution is -2.29. The van der Waals surface area contributed by atoms with Gasteiger partial charge in [0.05, 0.1) is 7.11 Å². The lowest BCUT2D eigenvalue weighted by Gasteiger charge is -2.07. The van der Waals surface area contributed by atoms with Gasteiger partial charge in [0.15, 0.2) is 0 Å². The summed E-state index contributed by atoms with van der Waals surface area (Å²) in [7, 11) is 1.37. The fourth-order valence-electron chi connectivity index (χ4n) is 0.766. The van der Waals surface area contributed by atoms with E-state index in [0.29, 0.717) is 6.54 Å². The van der Waals surface area contributed by atoms with Gasteiger partial charge in [-0.2, -0.15) is 0 Å². The van der Waals surface area contributed by atoms with Crippen LogP contribution in [0.2, 0.25) is 0 Å². The van der Waals surface area contributed by atoms with E-state index in [-0.39, 0.29) is 12.0 Å². The first-order chi connectivity index (χ1) is 5.72. The van der Waals surface area contributed by atoms with Crippen molar-refractivity contribution in [2.24, 2.45) is 0 Å². The minimum atomic E-state index is -0.334. The van der Waals surface area contributed by atoms with Crippen LogP contribution in [0, 0.1) is 0 Å². The first-order valence-corrected chi connectivity index (χ1v) is 4.07. The van der Waals surface area contributed by atoms with Crippen LogP contribution in [0.1, 0.15) is 19.8 Å². The molecule has 0 saturated carbocycles. The van der Waals surface area contributed by atoms with E-state index in [9.17, 15) is 4.79 Å². The minimum absolute atomic E-state index is 0.270. The summed E-state index contributed by atoms with van der Waals surface area (Å²) in [5.74, 6) is -0.270. The number of allylic oxidation sites excluding steroid dienone is 1. The first kappa shape index (κ1) is 11.2. The van der Waals surface area contributed by atoms with E-state index in [1.54, 1.807) is 6.92 Å². The second-order valence-corrected chi connectivity index (χ2v) is 2.54. The Morgan fingerprint density at radius 1 is 1.75 bits per heavy atom. The Kier molecular flexibility index (Phi) is 6.38. The molecule has 0 N–H and O–H groups in total. The number of carbonyl (C=O) groups is 1. The summed E-state index contributed by atoms with van der Waals surface area (Å²) in [4.78, 5) is 10.8. The molecule has 0 bridgehead atoms. The van der Waals surface area contributed by atoms with Crippen LogP contribution in [0.3, 0.4) is 0 Å². The molecule has 12 heavy (non-hydrogen) atoms. The third-order valence-electron chi connectivity index (χ3n) is 1.51. The highest BCUT2D eigenvalue weighted by Crippen LogP contribution is 1.92. The maximum atomic E-state index is 10.8. The molecule has 0 aromatic rings. The molecule has 0 spiro atoms.